The van der Waals surface area contributed by atoms with Crippen molar-refractivity contribution in [2.75, 3.05) is 13.1 Å². The maximum absolute atomic E-state index is 12.3. The van der Waals surface area contributed by atoms with Crippen molar-refractivity contribution in [3.8, 4) is 0 Å². The molecule has 2 rings (SSSR count). The molecule has 4 unspecified atom stereocenters. The average Bonchev–Trinajstić information content (AvgIpc) is 2.74. The number of nitrogens with two attached hydrogens (primary N) is 1. The predicted octanol–water partition coefficient (Wildman–Crippen LogP) is 1.88. The van der Waals surface area contributed by atoms with Gasteiger partial charge in [0.25, 0.3) is 0 Å². The van der Waals surface area contributed by atoms with Crippen molar-refractivity contribution in [3.63, 3.8) is 0 Å². The van der Waals surface area contributed by atoms with Crippen LogP contribution in [0.3, 0.4) is 0 Å². The number of nitrogens with zero attached hydrogens (tertiary/aromatic N) is 1. The molecule has 0 spiro atoms. The first-order chi connectivity index (χ1) is 9.26. The Hall–Kier alpha value is -0.550. The van der Waals surface area contributed by atoms with E-state index in [2.05, 4.69) is 20.8 Å². The van der Waals surface area contributed by atoms with Gasteiger partial charge in [-0.1, -0.05) is 32.5 Å². The summed E-state index contributed by atoms with van der Waals surface area (Å²) in [7, 11) is 0. The highest BCUT2D eigenvalue weighted by atomic mass is 32.2. The van der Waals surface area contributed by atoms with E-state index in [9.17, 15) is 9.59 Å². The van der Waals surface area contributed by atoms with Crippen molar-refractivity contribution in [1.29, 1.82) is 0 Å². The summed E-state index contributed by atoms with van der Waals surface area (Å²) in [6.45, 7) is 9.62. The Bertz CT molecular complexity index is 411. The van der Waals surface area contributed by atoms with Crippen LogP contribution in [0.15, 0.2) is 0 Å². The number of rotatable bonds is 3. The molecule has 2 N–H and O–H groups in total. The van der Waals surface area contributed by atoms with Crippen molar-refractivity contribution < 1.29 is 9.59 Å². The zero-order chi connectivity index (χ0) is 15.1. The van der Waals surface area contributed by atoms with Gasteiger partial charge in [0.05, 0.1) is 0 Å². The highest BCUT2D eigenvalue weighted by molar-refractivity contribution is 8.14. The predicted molar refractivity (Wildman–Crippen MR) is 82.3 cm³/mol. The normalized spacial score (nSPS) is 36.6. The van der Waals surface area contributed by atoms with Gasteiger partial charge < -0.3 is 10.6 Å². The topological polar surface area (TPSA) is 63.4 Å². The second-order valence-electron chi connectivity index (χ2n) is 6.98. The van der Waals surface area contributed by atoms with E-state index in [4.69, 9.17) is 5.73 Å². The van der Waals surface area contributed by atoms with Gasteiger partial charge in [0.2, 0.25) is 5.91 Å². The minimum atomic E-state index is 0.0971. The lowest BCUT2D eigenvalue weighted by atomic mass is 9.80. The minimum absolute atomic E-state index is 0.0971. The summed E-state index contributed by atoms with van der Waals surface area (Å²) in [5, 5.41) is 0.217. The zero-order valence-electron chi connectivity index (χ0n) is 12.9. The van der Waals surface area contributed by atoms with Crippen molar-refractivity contribution in [1.82, 2.24) is 4.90 Å². The number of carbonyl (C=O) groups is 2. The van der Waals surface area contributed by atoms with Crippen LogP contribution in [0.5, 0.6) is 0 Å². The second kappa shape index (κ2) is 5.68. The van der Waals surface area contributed by atoms with Gasteiger partial charge in [0, 0.05) is 31.2 Å². The number of thioether (sulfide) groups is 1. The lowest BCUT2D eigenvalue weighted by Gasteiger charge is -2.35. The van der Waals surface area contributed by atoms with Crippen LogP contribution in [0.25, 0.3) is 0 Å². The first-order valence-corrected chi connectivity index (χ1v) is 8.31. The largest absolute Gasteiger partial charge is 0.338 e. The van der Waals surface area contributed by atoms with Crippen LogP contribution < -0.4 is 5.73 Å². The van der Waals surface area contributed by atoms with Crippen LogP contribution in [0.1, 0.15) is 40.5 Å². The Kier molecular flexibility index (Phi) is 4.50. The fourth-order valence-corrected chi connectivity index (χ4v) is 5.17. The van der Waals surface area contributed by atoms with Crippen LogP contribution in [0, 0.1) is 17.3 Å². The lowest BCUT2D eigenvalue weighted by molar-refractivity contribution is -0.131. The molecule has 1 saturated carbocycles. The monoisotopic (exact) mass is 298 g/mol. The Morgan fingerprint density at radius 3 is 2.70 bits per heavy atom. The third-order valence-corrected chi connectivity index (χ3v) is 5.90. The molecule has 0 aromatic heterocycles. The van der Waals surface area contributed by atoms with Crippen LogP contribution >= 0.6 is 11.8 Å². The molecule has 2 aliphatic rings. The van der Waals surface area contributed by atoms with E-state index in [0.29, 0.717) is 31.3 Å². The van der Waals surface area contributed by atoms with E-state index in [1.54, 1.807) is 6.92 Å². The Morgan fingerprint density at radius 2 is 2.15 bits per heavy atom. The summed E-state index contributed by atoms with van der Waals surface area (Å²) < 4.78 is 0. The standard InChI is InChI=1S/C15H26N2O2S/c1-9-6-15(3,4)12(7-16)14(9)17-8-11(5-13(17)19)20-10(2)18/h9,11-12,14H,5-8,16H2,1-4H3. The van der Waals surface area contributed by atoms with Crippen LogP contribution in [0.4, 0.5) is 0 Å². The highest BCUT2D eigenvalue weighted by Crippen LogP contribution is 2.48. The molecule has 114 valence electrons. The number of amides is 1. The summed E-state index contributed by atoms with van der Waals surface area (Å²) in [6.07, 6.45) is 1.60. The summed E-state index contributed by atoms with van der Waals surface area (Å²) in [5.74, 6) is 1.02. The average molecular weight is 298 g/mol. The van der Waals surface area contributed by atoms with Crippen molar-refractivity contribution in [2.24, 2.45) is 23.0 Å². The van der Waals surface area contributed by atoms with Gasteiger partial charge in [-0.05, 0) is 30.2 Å². The van der Waals surface area contributed by atoms with E-state index >= 15 is 0 Å². The smallest absolute Gasteiger partial charge is 0.224 e. The molecule has 2 fully saturated rings. The van der Waals surface area contributed by atoms with E-state index in [0.717, 1.165) is 6.42 Å². The van der Waals surface area contributed by atoms with Crippen molar-refractivity contribution in [2.45, 2.75) is 51.8 Å². The first kappa shape index (κ1) is 15.8. The van der Waals surface area contributed by atoms with Crippen LogP contribution in [0.2, 0.25) is 0 Å². The van der Waals surface area contributed by atoms with Gasteiger partial charge in [-0.2, -0.15) is 0 Å². The molecule has 1 saturated heterocycles. The molecule has 4 atom stereocenters. The number of carbonyl (C=O) groups excluding carboxylic acids is 2. The molecule has 5 heteroatoms. The number of hydrogen-bond donors (Lipinski definition) is 1. The SMILES string of the molecule is CC(=O)SC1CC(=O)N(C2C(C)CC(C)(C)C2CN)C1. The molecule has 1 amide bonds. The van der Waals surface area contributed by atoms with Gasteiger partial charge in [-0.3, -0.25) is 9.59 Å². The summed E-state index contributed by atoms with van der Waals surface area (Å²) >= 11 is 1.31. The van der Waals surface area contributed by atoms with Crippen LogP contribution in [-0.4, -0.2) is 40.3 Å². The minimum Gasteiger partial charge on any atom is -0.338 e. The van der Waals surface area contributed by atoms with Gasteiger partial charge in [-0.15, -0.1) is 0 Å². The molecule has 1 heterocycles. The molecule has 1 aliphatic heterocycles. The molecule has 0 bridgehead atoms. The number of likely N-dealkylation sites (tertiary alicyclic amines) is 1. The zero-order valence-corrected chi connectivity index (χ0v) is 13.7. The van der Waals surface area contributed by atoms with E-state index in [1.165, 1.54) is 11.8 Å². The Labute approximate surface area is 125 Å². The number of hydrogen-bond acceptors (Lipinski definition) is 4. The molecule has 4 nitrogen and oxygen atoms in total. The third kappa shape index (κ3) is 2.89. The lowest BCUT2D eigenvalue weighted by Crippen LogP contribution is -2.46. The van der Waals surface area contributed by atoms with E-state index in [-0.39, 0.29) is 27.7 Å². The molecular formula is C15H26N2O2S. The Balaban J connectivity index is 2.14. The fourth-order valence-electron chi connectivity index (χ4n) is 4.24. The Morgan fingerprint density at radius 1 is 1.50 bits per heavy atom. The summed E-state index contributed by atoms with van der Waals surface area (Å²) in [5.41, 5.74) is 6.18. The quantitative estimate of drug-likeness (QED) is 0.864. The summed E-state index contributed by atoms with van der Waals surface area (Å²) in [4.78, 5) is 25.6. The van der Waals surface area contributed by atoms with E-state index in [1.807, 2.05) is 4.90 Å². The van der Waals surface area contributed by atoms with Gasteiger partial charge in [0.1, 0.15) is 0 Å². The van der Waals surface area contributed by atoms with Gasteiger partial charge in [0.15, 0.2) is 5.12 Å². The van der Waals surface area contributed by atoms with Crippen LogP contribution in [-0.2, 0) is 9.59 Å². The first-order valence-electron chi connectivity index (χ1n) is 7.43. The van der Waals surface area contributed by atoms with Gasteiger partial charge in [-0.25, -0.2) is 0 Å². The summed E-state index contributed by atoms with van der Waals surface area (Å²) in [6, 6.07) is 0.236. The molecule has 0 aromatic rings. The maximum atomic E-state index is 12.3. The van der Waals surface area contributed by atoms with Gasteiger partial charge >= 0.3 is 0 Å². The van der Waals surface area contributed by atoms with Crippen molar-refractivity contribution >= 4 is 22.8 Å². The second-order valence-corrected chi connectivity index (χ2v) is 8.46. The maximum Gasteiger partial charge on any atom is 0.224 e. The molecule has 0 aromatic carbocycles. The van der Waals surface area contributed by atoms with Crippen molar-refractivity contribution in [3.05, 3.63) is 0 Å². The third-order valence-electron chi connectivity index (χ3n) is 4.92. The molecule has 0 radical (unpaired) electrons. The molecule has 20 heavy (non-hydrogen) atoms. The highest BCUT2D eigenvalue weighted by Gasteiger charge is 2.50. The van der Waals surface area contributed by atoms with E-state index < -0.39 is 0 Å². The molecule has 1 aliphatic carbocycles. The molecular weight excluding hydrogens is 272 g/mol. The fraction of sp³-hybridized carbons (Fsp3) is 0.867.